The van der Waals surface area contributed by atoms with Gasteiger partial charge in [-0.25, -0.2) is 8.78 Å². The molecule has 0 aromatic heterocycles. The molecule has 1 fully saturated rings. The van der Waals surface area contributed by atoms with Crippen LogP contribution in [0.3, 0.4) is 0 Å². The van der Waals surface area contributed by atoms with Crippen LogP contribution in [0, 0.1) is 11.6 Å². The second kappa shape index (κ2) is 6.64. The number of amides is 2. The average molecular weight is 390 g/mol. The fourth-order valence-electron chi connectivity index (χ4n) is 3.16. The monoisotopic (exact) mass is 390 g/mol. The number of ketones is 1. The largest absolute Gasteiger partial charge is 0.499 e. The van der Waals surface area contributed by atoms with Crippen LogP contribution in [0.25, 0.3) is 0 Å². The molecule has 2 bridgehead atoms. The Morgan fingerprint density at radius 3 is 2.86 bits per heavy atom. The first-order chi connectivity index (χ1) is 13.4. The fraction of sp³-hybridized carbons (Fsp3) is 0.222. The molecule has 8 nitrogen and oxygen atoms in total. The van der Waals surface area contributed by atoms with Crippen LogP contribution >= 0.6 is 0 Å². The highest BCUT2D eigenvalue weighted by Gasteiger charge is 2.47. The molecule has 1 saturated heterocycles. The van der Waals surface area contributed by atoms with E-state index >= 15 is 0 Å². The van der Waals surface area contributed by atoms with Gasteiger partial charge in [0.25, 0.3) is 5.91 Å². The van der Waals surface area contributed by atoms with Gasteiger partial charge < -0.3 is 15.2 Å². The Balaban J connectivity index is 1.62. The molecule has 10 heteroatoms. The zero-order valence-electron chi connectivity index (χ0n) is 14.4. The van der Waals surface area contributed by atoms with Crippen LogP contribution in [-0.2, 0) is 25.7 Å². The molecule has 144 valence electrons. The average Bonchev–Trinajstić information content (AvgIpc) is 2.67. The number of hydrogen-bond donors (Lipinski definition) is 2. The molecule has 0 atom stereocenters. The molecular weight excluding hydrogens is 376 g/mol. The van der Waals surface area contributed by atoms with Gasteiger partial charge in [-0.3, -0.25) is 19.3 Å². The number of fused-ring (bicyclic) bond motifs is 3. The molecule has 3 aliphatic rings. The van der Waals surface area contributed by atoms with E-state index in [2.05, 4.69) is 5.32 Å². The maximum absolute atomic E-state index is 13.7. The van der Waals surface area contributed by atoms with E-state index in [9.17, 15) is 28.3 Å². The van der Waals surface area contributed by atoms with Gasteiger partial charge in [0.1, 0.15) is 31.5 Å². The number of rotatable bonds is 3. The van der Waals surface area contributed by atoms with Crippen molar-refractivity contribution in [3.8, 4) is 0 Å². The molecule has 3 aliphatic heterocycles. The Hall–Kier alpha value is -3.40. The maximum Gasteiger partial charge on any atom is 0.325 e. The summed E-state index contributed by atoms with van der Waals surface area (Å²) in [5.74, 6) is -4.90. The quantitative estimate of drug-likeness (QED) is 0.564. The van der Waals surface area contributed by atoms with Gasteiger partial charge in [-0.2, -0.15) is 4.58 Å². The van der Waals surface area contributed by atoms with Gasteiger partial charge in [0, 0.05) is 18.2 Å². The van der Waals surface area contributed by atoms with Crippen molar-refractivity contribution in [2.45, 2.75) is 6.54 Å². The van der Waals surface area contributed by atoms with E-state index in [1.165, 1.54) is 15.5 Å². The minimum atomic E-state index is -1.01. The van der Waals surface area contributed by atoms with E-state index in [1.54, 1.807) is 0 Å². The molecule has 1 aromatic carbocycles. The highest BCUT2D eigenvalue weighted by molar-refractivity contribution is 6.26. The number of nitrogens with one attached hydrogen (secondary N) is 1. The number of aliphatic hydroxyl groups is 1. The summed E-state index contributed by atoms with van der Waals surface area (Å²) in [4.78, 5) is 38.6. The van der Waals surface area contributed by atoms with Gasteiger partial charge >= 0.3 is 11.6 Å². The highest BCUT2D eigenvalue weighted by Crippen LogP contribution is 2.25. The maximum atomic E-state index is 13.7. The number of hydrogen-bond acceptors (Lipinski definition) is 5. The summed E-state index contributed by atoms with van der Waals surface area (Å²) < 4.78 is 33.2. The molecule has 0 spiro atoms. The molecule has 28 heavy (non-hydrogen) atoms. The SMILES string of the molecule is O=C(NCc1ccc(F)cc1F)C1=C[N+]2=C3COCN(C3)C(=O)C2=C(O)C1=O. The van der Waals surface area contributed by atoms with Crippen LogP contribution in [0.4, 0.5) is 8.78 Å². The number of nitrogens with zero attached hydrogens (tertiary/aromatic N) is 2. The van der Waals surface area contributed by atoms with Crippen LogP contribution in [0.2, 0.25) is 0 Å². The number of carbonyl (C=O) groups excluding carboxylic acids is 3. The number of allylic oxidation sites excluding steroid dienone is 1. The lowest BCUT2D eigenvalue weighted by Crippen LogP contribution is -2.54. The Kier molecular flexibility index (Phi) is 4.27. The predicted molar refractivity (Wildman–Crippen MR) is 88.7 cm³/mol. The van der Waals surface area contributed by atoms with Crippen molar-refractivity contribution in [2.24, 2.45) is 0 Å². The van der Waals surface area contributed by atoms with Crippen molar-refractivity contribution >= 4 is 23.3 Å². The van der Waals surface area contributed by atoms with E-state index in [0.29, 0.717) is 11.8 Å². The molecule has 2 amide bonds. The standard InChI is InChI=1S/C18H13F2N3O5/c19-10-2-1-9(13(20)3-10)4-21-17(26)12-6-23-11-5-22(8-28-7-11)18(27)14(23)16(25)15(12)24/h1-3,6H,4-5,7-8H2,(H-,21,25,26,27)/p+1. The zero-order chi connectivity index (χ0) is 20.0. The van der Waals surface area contributed by atoms with Crippen LogP contribution in [0.1, 0.15) is 5.56 Å². The van der Waals surface area contributed by atoms with Gasteiger partial charge in [-0.05, 0) is 6.07 Å². The lowest BCUT2D eigenvalue weighted by Gasteiger charge is -2.31. The molecule has 0 aliphatic carbocycles. The van der Waals surface area contributed by atoms with Gasteiger partial charge in [0.2, 0.25) is 17.3 Å². The van der Waals surface area contributed by atoms with E-state index in [4.69, 9.17) is 4.74 Å². The Labute approximate surface area is 157 Å². The molecule has 1 aromatic rings. The first-order valence-corrected chi connectivity index (χ1v) is 8.29. The van der Waals surface area contributed by atoms with Crippen LogP contribution in [0.15, 0.2) is 41.4 Å². The van der Waals surface area contributed by atoms with E-state index < -0.39 is 40.6 Å². The summed E-state index contributed by atoms with van der Waals surface area (Å²) in [7, 11) is 0. The first kappa shape index (κ1) is 18.0. The normalized spacial score (nSPS) is 18.9. The van der Waals surface area contributed by atoms with Crippen molar-refractivity contribution < 1.29 is 37.6 Å². The third-order valence-electron chi connectivity index (χ3n) is 4.60. The Bertz CT molecular complexity index is 1030. The number of Topliss-reactive ketones (excluding diaryl/α,β-unsaturated/α-hetero) is 1. The highest BCUT2D eigenvalue weighted by atomic mass is 19.1. The third-order valence-corrected chi connectivity index (χ3v) is 4.60. The summed E-state index contributed by atoms with van der Waals surface area (Å²) in [5, 5.41) is 12.6. The Morgan fingerprint density at radius 2 is 2.11 bits per heavy atom. The van der Waals surface area contributed by atoms with Crippen molar-refractivity contribution in [1.29, 1.82) is 0 Å². The molecule has 2 N–H and O–H groups in total. The minimum Gasteiger partial charge on any atom is -0.499 e. The van der Waals surface area contributed by atoms with Gasteiger partial charge in [-0.15, -0.1) is 0 Å². The van der Waals surface area contributed by atoms with Crippen LogP contribution in [0.5, 0.6) is 0 Å². The predicted octanol–water partition coefficient (Wildman–Crippen LogP) is 0.101. The molecule has 0 unspecified atom stereocenters. The third kappa shape index (κ3) is 2.87. The summed E-state index contributed by atoms with van der Waals surface area (Å²) in [6, 6.07) is 2.89. The first-order valence-electron chi connectivity index (χ1n) is 8.29. The van der Waals surface area contributed by atoms with E-state index in [-0.39, 0.29) is 37.7 Å². The minimum absolute atomic E-state index is 0.0258. The lowest BCUT2D eigenvalue weighted by molar-refractivity contribution is -0.412. The zero-order valence-corrected chi connectivity index (χ0v) is 14.4. The molecule has 0 radical (unpaired) electrons. The van der Waals surface area contributed by atoms with Gasteiger partial charge in [0.05, 0.1) is 0 Å². The summed E-state index contributed by atoms with van der Waals surface area (Å²) >= 11 is 0. The summed E-state index contributed by atoms with van der Waals surface area (Å²) in [6.45, 7) is 0.164. The topological polar surface area (TPSA) is 99.0 Å². The number of carbonyl (C=O) groups is 3. The smallest absolute Gasteiger partial charge is 0.325 e. The lowest BCUT2D eigenvalue weighted by atomic mass is 10.0. The Morgan fingerprint density at radius 1 is 1.32 bits per heavy atom. The van der Waals surface area contributed by atoms with Crippen LogP contribution in [-0.4, -0.2) is 57.8 Å². The molecule has 4 rings (SSSR count). The second-order valence-electron chi connectivity index (χ2n) is 6.40. The van der Waals surface area contributed by atoms with E-state index in [1.807, 2.05) is 0 Å². The van der Waals surface area contributed by atoms with Crippen molar-refractivity contribution in [1.82, 2.24) is 10.2 Å². The number of halogens is 2. The summed E-state index contributed by atoms with van der Waals surface area (Å²) in [6.07, 6.45) is 1.16. The van der Waals surface area contributed by atoms with Crippen molar-refractivity contribution in [3.63, 3.8) is 0 Å². The van der Waals surface area contributed by atoms with Crippen LogP contribution < -0.4 is 5.32 Å². The fourth-order valence-corrected chi connectivity index (χ4v) is 3.16. The summed E-state index contributed by atoms with van der Waals surface area (Å²) in [5.41, 5.74) is -0.0357. The van der Waals surface area contributed by atoms with Gasteiger partial charge in [-0.1, -0.05) is 6.07 Å². The number of benzene rings is 1. The van der Waals surface area contributed by atoms with Gasteiger partial charge in [0.15, 0.2) is 11.8 Å². The van der Waals surface area contributed by atoms with E-state index in [0.717, 1.165) is 12.3 Å². The molecule has 3 heterocycles. The second-order valence-corrected chi connectivity index (χ2v) is 6.40. The molecule has 0 saturated carbocycles. The number of aliphatic hydroxyl groups excluding tert-OH is 1. The van der Waals surface area contributed by atoms with Crippen molar-refractivity contribution in [3.05, 3.63) is 58.6 Å². The van der Waals surface area contributed by atoms with Crippen molar-refractivity contribution in [2.75, 3.05) is 19.9 Å². The molecular formula is C18H14F2N3O5+. The number of ether oxygens (including phenoxy) is 1.